The second-order valence-electron chi connectivity index (χ2n) is 9.19. The molecule has 204 valence electrons. The van der Waals surface area contributed by atoms with Crippen molar-refractivity contribution in [1.82, 2.24) is 9.21 Å². The summed E-state index contributed by atoms with van der Waals surface area (Å²) in [6.07, 6.45) is -1.06. The third-order valence-electron chi connectivity index (χ3n) is 6.59. The van der Waals surface area contributed by atoms with Crippen LogP contribution >= 0.6 is 22.9 Å². The van der Waals surface area contributed by atoms with Gasteiger partial charge in [0.15, 0.2) is 0 Å². The van der Waals surface area contributed by atoms with Crippen LogP contribution in [0.25, 0.3) is 10.8 Å². The van der Waals surface area contributed by atoms with Crippen LogP contribution in [-0.4, -0.2) is 42.2 Å². The molecule has 0 radical (unpaired) electrons. The fourth-order valence-electron chi connectivity index (χ4n) is 4.57. The van der Waals surface area contributed by atoms with Crippen LogP contribution in [0.2, 0.25) is 5.02 Å². The van der Waals surface area contributed by atoms with Gasteiger partial charge in [0.1, 0.15) is 23.6 Å². The van der Waals surface area contributed by atoms with E-state index in [4.69, 9.17) is 27.3 Å². The molecule has 4 aromatic rings. The lowest BCUT2D eigenvalue weighted by atomic mass is 10.1. The van der Waals surface area contributed by atoms with E-state index in [1.54, 1.807) is 53.9 Å². The van der Waals surface area contributed by atoms with Gasteiger partial charge in [-0.2, -0.15) is 9.57 Å². The standard InChI is InChI=1S/C28H23ClN4O5S2/c29-26-23-8-7-22(13-20(23)6-9-24(26)31)40(36,37)33(28(35)38-16-18-4-2-1-3-5-18)25-10-11-32(27(25)34)15-19-12-21(14-30)39-17-19/h1-9,12-13,17,25H,10-11,15-16,31H2/t25-/m0/s1. The molecule has 12 heteroatoms. The predicted octanol–water partition coefficient (Wildman–Crippen LogP) is 5.14. The molecule has 5 rings (SSSR count). The third-order valence-corrected chi connectivity index (χ3v) is 9.66. The molecule has 0 saturated carbocycles. The summed E-state index contributed by atoms with van der Waals surface area (Å²) in [6.45, 7) is 0.247. The van der Waals surface area contributed by atoms with E-state index >= 15 is 0 Å². The Hall–Kier alpha value is -4.11. The molecule has 1 aromatic heterocycles. The van der Waals surface area contributed by atoms with Crippen LogP contribution in [0.5, 0.6) is 0 Å². The van der Waals surface area contributed by atoms with Gasteiger partial charge in [0, 0.05) is 18.5 Å². The van der Waals surface area contributed by atoms with E-state index in [0.29, 0.717) is 31.2 Å². The molecular weight excluding hydrogens is 572 g/mol. The SMILES string of the molecule is N#Cc1cc(CN2CC[C@H](N(C(=O)OCc3ccccc3)S(=O)(=O)c3ccc4c(Cl)c(N)ccc4c3)C2=O)cs1. The van der Waals surface area contributed by atoms with Gasteiger partial charge in [-0.25, -0.2) is 13.2 Å². The number of halogens is 1. The number of nitrogens with two attached hydrogens (primary N) is 1. The Morgan fingerprint density at radius 1 is 1.15 bits per heavy atom. The molecule has 2 heterocycles. The fourth-order valence-corrected chi connectivity index (χ4v) is 7.02. The largest absolute Gasteiger partial charge is 0.444 e. The molecule has 0 bridgehead atoms. The number of likely N-dealkylation sites (tertiary alicyclic amines) is 1. The number of carbonyl (C=O) groups is 2. The summed E-state index contributed by atoms with van der Waals surface area (Å²) in [5, 5.41) is 12.2. The van der Waals surface area contributed by atoms with Gasteiger partial charge in [-0.3, -0.25) is 4.79 Å². The molecule has 0 aliphatic carbocycles. The maximum atomic E-state index is 14.0. The van der Waals surface area contributed by atoms with Crippen LogP contribution in [0.1, 0.15) is 22.4 Å². The average Bonchev–Trinajstić information content (AvgIpc) is 3.56. The zero-order valence-corrected chi connectivity index (χ0v) is 23.4. The minimum atomic E-state index is -4.54. The smallest absolute Gasteiger partial charge is 0.424 e. The number of carbonyl (C=O) groups excluding carboxylic acids is 2. The summed E-state index contributed by atoms with van der Waals surface area (Å²) < 4.78 is 33.9. The lowest BCUT2D eigenvalue weighted by molar-refractivity contribution is -0.131. The number of amides is 2. The van der Waals surface area contributed by atoms with Crippen molar-refractivity contribution in [3.63, 3.8) is 0 Å². The number of thiophene rings is 1. The number of anilines is 1. The Labute approximate surface area is 240 Å². The first-order valence-corrected chi connectivity index (χ1v) is 14.9. The summed E-state index contributed by atoms with van der Waals surface area (Å²) in [4.78, 5) is 28.7. The summed E-state index contributed by atoms with van der Waals surface area (Å²) in [5.41, 5.74) is 7.64. The van der Waals surface area contributed by atoms with Gasteiger partial charge in [-0.15, -0.1) is 11.3 Å². The fraction of sp³-hybridized carbons (Fsp3) is 0.179. The van der Waals surface area contributed by atoms with Crippen LogP contribution in [-0.2, 0) is 32.7 Å². The topological polar surface area (TPSA) is 134 Å². The minimum absolute atomic E-state index is 0.0870. The molecule has 1 aliphatic rings. The van der Waals surface area contributed by atoms with Crippen LogP contribution in [0.4, 0.5) is 10.5 Å². The Balaban J connectivity index is 1.48. The van der Waals surface area contributed by atoms with Crippen molar-refractivity contribution in [3.05, 3.63) is 93.1 Å². The number of hydrogen-bond donors (Lipinski definition) is 1. The van der Waals surface area contributed by atoms with Crippen molar-refractivity contribution in [2.24, 2.45) is 0 Å². The molecule has 1 fully saturated rings. The van der Waals surface area contributed by atoms with Gasteiger partial charge < -0.3 is 15.4 Å². The van der Waals surface area contributed by atoms with Gasteiger partial charge in [-0.05, 0) is 52.6 Å². The first kappa shape index (κ1) is 27.5. The van der Waals surface area contributed by atoms with Gasteiger partial charge >= 0.3 is 6.09 Å². The summed E-state index contributed by atoms with van der Waals surface area (Å²) in [6, 6.07) is 18.7. The van der Waals surface area contributed by atoms with Gasteiger partial charge in [0.2, 0.25) is 5.91 Å². The Bertz CT molecular complexity index is 1750. The number of sulfonamides is 1. The van der Waals surface area contributed by atoms with E-state index in [1.807, 2.05) is 0 Å². The first-order chi connectivity index (χ1) is 19.2. The number of ether oxygens (including phenoxy) is 1. The van der Waals surface area contributed by atoms with E-state index in [1.165, 1.54) is 34.4 Å². The second kappa shape index (κ2) is 11.2. The van der Waals surface area contributed by atoms with Crippen molar-refractivity contribution in [2.45, 2.75) is 30.5 Å². The lowest BCUT2D eigenvalue weighted by Crippen LogP contribution is -2.48. The Morgan fingerprint density at radius 3 is 2.65 bits per heavy atom. The predicted molar refractivity (Wildman–Crippen MR) is 152 cm³/mol. The van der Waals surface area contributed by atoms with Crippen molar-refractivity contribution in [2.75, 3.05) is 12.3 Å². The van der Waals surface area contributed by atoms with Crippen molar-refractivity contribution in [3.8, 4) is 6.07 Å². The summed E-state index contributed by atoms with van der Waals surface area (Å²) >= 11 is 7.55. The number of fused-ring (bicyclic) bond motifs is 1. The normalized spacial score (nSPS) is 15.2. The van der Waals surface area contributed by atoms with Crippen LogP contribution in [0, 0.1) is 11.3 Å². The number of hydrogen-bond acceptors (Lipinski definition) is 8. The number of rotatable bonds is 7. The molecule has 2 amide bonds. The molecule has 9 nitrogen and oxygen atoms in total. The highest BCUT2D eigenvalue weighted by molar-refractivity contribution is 7.89. The number of benzene rings is 3. The molecule has 2 N–H and O–H groups in total. The quantitative estimate of drug-likeness (QED) is 0.293. The number of nitrogen functional groups attached to an aromatic ring is 1. The third kappa shape index (κ3) is 5.34. The van der Waals surface area contributed by atoms with Crippen molar-refractivity contribution >= 4 is 61.4 Å². The lowest BCUT2D eigenvalue weighted by Gasteiger charge is -2.27. The summed E-state index contributed by atoms with van der Waals surface area (Å²) in [7, 11) is -4.54. The molecule has 1 atom stereocenters. The maximum absolute atomic E-state index is 14.0. The first-order valence-electron chi connectivity index (χ1n) is 12.2. The average molecular weight is 595 g/mol. The molecule has 1 aliphatic heterocycles. The van der Waals surface area contributed by atoms with Gasteiger partial charge in [0.05, 0.1) is 15.6 Å². The van der Waals surface area contributed by atoms with Crippen LogP contribution < -0.4 is 5.73 Å². The van der Waals surface area contributed by atoms with E-state index in [-0.39, 0.29) is 36.0 Å². The molecule has 0 unspecified atom stereocenters. The monoisotopic (exact) mass is 594 g/mol. The molecule has 3 aromatic carbocycles. The maximum Gasteiger partial charge on any atom is 0.424 e. The highest BCUT2D eigenvalue weighted by Crippen LogP contribution is 2.33. The van der Waals surface area contributed by atoms with Crippen molar-refractivity contribution < 1.29 is 22.7 Å². The van der Waals surface area contributed by atoms with Gasteiger partial charge in [-0.1, -0.05) is 54.1 Å². The van der Waals surface area contributed by atoms with Crippen LogP contribution in [0.15, 0.2) is 77.0 Å². The summed E-state index contributed by atoms with van der Waals surface area (Å²) in [5.74, 6) is -0.526. The van der Waals surface area contributed by atoms with Crippen LogP contribution in [0.3, 0.4) is 0 Å². The number of nitrogens with zero attached hydrogens (tertiary/aromatic N) is 3. The Morgan fingerprint density at radius 2 is 1.93 bits per heavy atom. The van der Waals surface area contributed by atoms with Crippen molar-refractivity contribution in [1.29, 1.82) is 5.26 Å². The molecule has 40 heavy (non-hydrogen) atoms. The van der Waals surface area contributed by atoms with Gasteiger partial charge in [0.25, 0.3) is 10.0 Å². The zero-order valence-electron chi connectivity index (χ0n) is 21.0. The molecule has 0 spiro atoms. The van der Waals surface area contributed by atoms with E-state index < -0.39 is 28.1 Å². The Kier molecular flexibility index (Phi) is 7.67. The second-order valence-corrected chi connectivity index (χ2v) is 12.3. The zero-order chi connectivity index (χ0) is 28.4. The highest BCUT2D eigenvalue weighted by atomic mass is 35.5. The van der Waals surface area contributed by atoms with E-state index in [2.05, 4.69) is 6.07 Å². The molecule has 1 saturated heterocycles. The molecular formula is C28H23ClN4O5S2. The minimum Gasteiger partial charge on any atom is -0.444 e. The van der Waals surface area contributed by atoms with E-state index in [0.717, 1.165) is 5.56 Å². The number of nitriles is 1. The van der Waals surface area contributed by atoms with E-state index in [9.17, 15) is 18.0 Å². The highest BCUT2D eigenvalue weighted by Gasteiger charge is 2.45.